The second-order valence-corrected chi connectivity index (χ2v) is 3.63. The van der Waals surface area contributed by atoms with Crippen molar-refractivity contribution in [2.24, 2.45) is 7.05 Å². The Hall–Kier alpha value is -1.75. The third-order valence-electron chi connectivity index (χ3n) is 2.45. The van der Waals surface area contributed by atoms with Crippen LogP contribution < -0.4 is 5.32 Å². The molecule has 0 aromatic carbocycles. The van der Waals surface area contributed by atoms with Crippen molar-refractivity contribution in [3.05, 3.63) is 42.0 Å². The number of aromatic nitrogens is 4. The molecule has 84 valence electrons. The third kappa shape index (κ3) is 2.87. The van der Waals surface area contributed by atoms with Crippen LogP contribution in [0, 0.1) is 0 Å². The van der Waals surface area contributed by atoms with E-state index in [4.69, 9.17) is 0 Å². The summed E-state index contributed by atoms with van der Waals surface area (Å²) >= 11 is 0. The Morgan fingerprint density at radius 2 is 2.12 bits per heavy atom. The molecule has 0 bridgehead atoms. The van der Waals surface area contributed by atoms with E-state index in [1.54, 1.807) is 10.9 Å². The topological polar surface area (TPSA) is 55.6 Å². The lowest BCUT2D eigenvalue weighted by Gasteiger charge is -2.04. The molecule has 2 rings (SSSR count). The van der Waals surface area contributed by atoms with E-state index in [2.05, 4.69) is 20.6 Å². The Labute approximate surface area is 94.5 Å². The first kappa shape index (κ1) is 10.8. The minimum atomic E-state index is 0.800. The van der Waals surface area contributed by atoms with Gasteiger partial charge < -0.3 is 5.32 Å². The van der Waals surface area contributed by atoms with Crippen molar-refractivity contribution < 1.29 is 0 Å². The second-order valence-electron chi connectivity index (χ2n) is 3.63. The van der Waals surface area contributed by atoms with Gasteiger partial charge in [-0.3, -0.25) is 9.67 Å². The van der Waals surface area contributed by atoms with Crippen molar-refractivity contribution in [3.8, 4) is 0 Å². The summed E-state index contributed by atoms with van der Waals surface area (Å²) in [5.41, 5.74) is 2.39. The average molecular weight is 217 g/mol. The molecule has 16 heavy (non-hydrogen) atoms. The van der Waals surface area contributed by atoms with Crippen LogP contribution in [0.25, 0.3) is 0 Å². The molecule has 0 spiro atoms. The molecular formula is C11H15N5. The number of nitrogens with one attached hydrogen (secondary N) is 1. The largest absolute Gasteiger partial charge is 0.311 e. The zero-order chi connectivity index (χ0) is 11.2. The zero-order valence-electron chi connectivity index (χ0n) is 9.30. The van der Waals surface area contributed by atoms with Crippen molar-refractivity contribution in [3.63, 3.8) is 0 Å². The highest BCUT2D eigenvalue weighted by atomic mass is 15.4. The zero-order valence-corrected chi connectivity index (χ0v) is 9.30. The molecule has 0 unspecified atom stereocenters. The van der Waals surface area contributed by atoms with Crippen LogP contribution in [0.3, 0.4) is 0 Å². The standard InChI is InChI=1S/C11H15N5/c1-16-11(9-14-15-16)8-13-7-4-10-2-5-12-6-3-10/h2-3,5-6,9,13H,4,7-8H2,1H3. The van der Waals surface area contributed by atoms with Crippen LogP contribution in [-0.2, 0) is 20.0 Å². The van der Waals surface area contributed by atoms with E-state index in [9.17, 15) is 0 Å². The molecule has 0 amide bonds. The quantitative estimate of drug-likeness (QED) is 0.743. The maximum absolute atomic E-state index is 3.99. The molecule has 0 aliphatic rings. The molecule has 0 atom stereocenters. The van der Waals surface area contributed by atoms with Crippen LogP contribution >= 0.6 is 0 Å². The minimum Gasteiger partial charge on any atom is -0.311 e. The highest BCUT2D eigenvalue weighted by molar-refractivity contribution is 5.09. The highest BCUT2D eigenvalue weighted by Gasteiger charge is 1.98. The van der Waals surface area contributed by atoms with Gasteiger partial charge in [0.1, 0.15) is 0 Å². The molecule has 0 aliphatic carbocycles. The summed E-state index contributed by atoms with van der Waals surface area (Å²) in [5.74, 6) is 0. The number of pyridine rings is 1. The molecule has 0 radical (unpaired) electrons. The van der Waals surface area contributed by atoms with Crippen LogP contribution in [-0.4, -0.2) is 26.5 Å². The molecule has 1 N–H and O–H groups in total. The van der Waals surface area contributed by atoms with Gasteiger partial charge in [-0.05, 0) is 30.7 Å². The predicted octanol–water partition coefficient (Wildman–Crippen LogP) is 0.542. The van der Waals surface area contributed by atoms with Crippen molar-refractivity contribution in [1.29, 1.82) is 0 Å². The van der Waals surface area contributed by atoms with Gasteiger partial charge in [-0.1, -0.05) is 5.21 Å². The number of aryl methyl sites for hydroxylation is 1. The van der Waals surface area contributed by atoms with E-state index in [-0.39, 0.29) is 0 Å². The van der Waals surface area contributed by atoms with Crippen molar-refractivity contribution in [2.75, 3.05) is 6.54 Å². The maximum Gasteiger partial charge on any atom is 0.0738 e. The highest BCUT2D eigenvalue weighted by Crippen LogP contribution is 1.97. The van der Waals surface area contributed by atoms with E-state index >= 15 is 0 Å². The first-order valence-electron chi connectivity index (χ1n) is 5.29. The Kier molecular flexibility index (Phi) is 3.61. The predicted molar refractivity (Wildman–Crippen MR) is 60.7 cm³/mol. The molecular weight excluding hydrogens is 202 g/mol. The van der Waals surface area contributed by atoms with Gasteiger partial charge in [-0.2, -0.15) is 0 Å². The van der Waals surface area contributed by atoms with Gasteiger partial charge >= 0.3 is 0 Å². The summed E-state index contributed by atoms with van der Waals surface area (Å²) in [4.78, 5) is 3.99. The SMILES string of the molecule is Cn1nncc1CNCCc1ccncc1. The van der Waals surface area contributed by atoms with E-state index < -0.39 is 0 Å². The Morgan fingerprint density at radius 3 is 2.81 bits per heavy atom. The van der Waals surface area contributed by atoms with Gasteiger partial charge in [0.15, 0.2) is 0 Å². The third-order valence-corrected chi connectivity index (χ3v) is 2.45. The Balaban J connectivity index is 1.72. The van der Waals surface area contributed by atoms with E-state index in [1.807, 2.05) is 31.6 Å². The lowest BCUT2D eigenvalue weighted by atomic mass is 10.2. The first-order chi connectivity index (χ1) is 7.86. The van der Waals surface area contributed by atoms with Crippen LogP contribution in [0.5, 0.6) is 0 Å². The fourth-order valence-electron chi connectivity index (χ4n) is 1.47. The van der Waals surface area contributed by atoms with E-state index in [0.717, 1.165) is 25.2 Å². The van der Waals surface area contributed by atoms with Crippen molar-refractivity contribution in [1.82, 2.24) is 25.3 Å². The summed E-state index contributed by atoms with van der Waals surface area (Å²) in [5, 5.41) is 11.1. The normalized spacial score (nSPS) is 10.6. The monoisotopic (exact) mass is 217 g/mol. The summed E-state index contributed by atoms with van der Waals surface area (Å²) in [6.07, 6.45) is 6.42. The molecule has 5 heteroatoms. The van der Waals surface area contributed by atoms with E-state index in [1.165, 1.54) is 5.56 Å². The second kappa shape index (κ2) is 5.37. The Bertz CT molecular complexity index is 423. The Morgan fingerprint density at radius 1 is 1.31 bits per heavy atom. The molecule has 2 aromatic heterocycles. The lowest BCUT2D eigenvalue weighted by molar-refractivity contribution is 0.617. The van der Waals surface area contributed by atoms with Crippen molar-refractivity contribution in [2.45, 2.75) is 13.0 Å². The van der Waals surface area contributed by atoms with Crippen molar-refractivity contribution >= 4 is 0 Å². The van der Waals surface area contributed by atoms with Crippen LogP contribution in [0.1, 0.15) is 11.3 Å². The van der Waals surface area contributed by atoms with E-state index in [0.29, 0.717) is 0 Å². The molecule has 0 fully saturated rings. The van der Waals surface area contributed by atoms with Crippen LogP contribution in [0.4, 0.5) is 0 Å². The molecule has 0 aliphatic heterocycles. The van der Waals surface area contributed by atoms with Gasteiger partial charge in [0, 0.05) is 26.0 Å². The summed E-state index contributed by atoms with van der Waals surface area (Å²) in [6.45, 7) is 1.74. The fourth-order valence-corrected chi connectivity index (χ4v) is 1.47. The van der Waals surface area contributed by atoms with Crippen LogP contribution in [0.15, 0.2) is 30.7 Å². The molecule has 5 nitrogen and oxygen atoms in total. The maximum atomic E-state index is 3.99. The molecule has 0 saturated heterocycles. The summed E-state index contributed by atoms with van der Waals surface area (Å²) < 4.78 is 1.78. The van der Waals surface area contributed by atoms with Gasteiger partial charge in [0.05, 0.1) is 11.9 Å². The van der Waals surface area contributed by atoms with Gasteiger partial charge in [-0.15, -0.1) is 5.10 Å². The molecule has 2 aromatic rings. The minimum absolute atomic E-state index is 0.800. The van der Waals surface area contributed by atoms with Gasteiger partial charge in [-0.25, -0.2) is 0 Å². The summed E-state index contributed by atoms with van der Waals surface area (Å²) in [7, 11) is 1.90. The smallest absolute Gasteiger partial charge is 0.0738 e. The number of rotatable bonds is 5. The lowest BCUT2D eigenvalue weighted by Crippen LogP contribution is -2.18. The van der Waals surface area contributed by atoms with Gasteiger partial charge in [0.2, 0.25) is 0 Å². The first-order valence-corrected chi connectivity index (χ1v) is 5.29. The summed E-state index contributed by atoms with van der Waals surface area (Å²) in [6, 6.07) is 4.07. The average Bonchev–Trinajstić information content (AvgIpc) is 2.72. The number of hydrogen-bond donors (Lipinski definition) is 1. The van der Waals surface area contributed by atoms with Gasteiger partial charge in [0.25, 0.3) is 0 Å². The fraction of sp³-hybridized carbons (Fsp3) is 0.364. The number of hydrogen-bond acceptors (Lipinski definition) is 4. The molecule has 0 saturated carbocycles. The van der Waals surface area contributed by atoms with Crippen LogP contribution in [0.2, 0.25) is 0 Å². The molecule has 2 heterocycles. The number of nitrogens with zero attached hydrogens (tertiary/aromatic N) is 4.